The number of anilines is 2. The molecule has 0 aliphatic heterocycles. The van der Waals surface area contributed by atoms with Gasteiger partial charge in [0.1, 0.15) is 23.3 Å². The number of carbonyl (C=O) groups excluding carboxylic acids is 2. The van der Waals surface area contributed by atoms with E-state index < -0.39 is 6.04 Å². The van der Waals surface area contributed by atoms with Gasteiger partial charge in [-0.2, -0.15) is 0 Å². The molecule has 0 bridgehead atoms. The van der Waals surface area contributed by atoms with E-state index in [1.165, 1.54) is 0 Å². The van der Waals surface area contributed by atoms with Crippen LogP contribution in [0.1, 0.15) is 21.5 Å². The number of carbonyl (C=O) groups is 2. The van der Waals surface area contributed by atoms with Crippen LogP contribution in [0.25, 0.3) is 0 Å². The molecule has 3 N–H and O–H groups in total. The number of hydrogen-bond acceptors (Lipinski definition) is 6. The van der Waals surface area contributed by atoms with Gasteiger partial charge in [0.05, 0.1) is 7.11 Å². The van der Waals surface area contributed by atoms with Gasteiger partial charge in [0.2, 0.25) is 5.91 Å². The third-order valence-corrected chi connectivity index (χ3v) is 6.70. The van der Waals surface area contributed by atoms with Gasteiger partial charge in [-0.25, -0.2) is 0 Å². The van der Waals surface area contributed by atoms with Crippen molar-refractivity contribution in [2.24, 2.45) is 0 Å². The first-order chi connectivity index (χ1) is 20.3. The van der Waals surface area contributed by atoms with Crippen molar-refractivity contribution in [3.05, 3.63) is 114 Å². The first-order valence-electron chi connectivity index (χ1n) is 13.9. The molecule has 1 atom stereocenters. The third-order valence-electron chi connectivity index (χ3n) is 6.70. The second-order valence-corrected chi connectivity index (χ2v) is 10.2. The van der Waals surface area contributed by atoms with Crippen LogP contribution in [0.4, 0.5) is 11.4 Å². The zero-order chi connectivity index (χ0) is 29.9. The van der Waals surface area contributed by atoms with E-state index >= 15 is 0 Å². The summed E-state index contributed by atoms with van der Waals surface area (Å²) in [6.45, 7) is 2.84. The summed E-state index contributed by atoms with van der Waals surface area (Å²) in [5, 5.41) is 9.15. The minimum absolute atomic E-state index is 0.256. The number of methoxy groups -OCH3 is 1. The Kier molecular flexibility index (Phi) is 10.4. The highest BCUT2D eigenvalue weighted by atomic mass is 16.5. The fourth-order valence-electron chi connectivity index (χ4n) is 4.34. The van der Waals surface area contributed by atoms with Crippen molar-refractivity contribution in [3.8, 4) is 17.2 Å². The molecule has 4 aromatic carbocycles. The lowest BCUT2D eigenvalue weighted by Crippen LogP contribution is -2.48. The number of benzene rings is 4. The summed E-state index contributed by atoms with van der Waals surface area (Å²) in [6, 6.07) is 29.5. The lowest BCUT2D eigenvalue weighted by atomic mass is 10.0. The molecule has 0 saturated carbocycles. The quantitative estimate of drug-likeness (QED) is 0.187. The third kappa shape index (κ3) is 8.76. The van der Waals surface area contributed by atoms with Crippen LogP contribution in [-0.4, -0.2) is 52.2 Å². The van der Waals surface area contributed by atoms with Gasteiger partial charge in [-0.3, -0.25) is 9.59 Å². The van der Waals surface area contributed by atoms with E-state index in [4.69, 9.17) is 9.47 Å². The second-order valence-electron chi connectivity index (χ2n) is 10.2. The molecule has 0 aliphatic carbocycles. The van der Waals surface area contributed by atoms with Crippen molar-refractivity contribution >= 4 is 23.2 Å². The molecular weight excluding hydrogens is 528 g/mol. The SMILES string of the molecule is COc1ccc(NCCNC(=O)C(Cc2ccc(Oc3ccc(N(C)C)cc3)cc2)NC(=O)c2cccc(C)c2)cc1. The van der Waals surface area contributed by atoms with E-state index in [1.807, 2.05) is 111 Å². The Hall–Kier alpha value is -4.98. The molecule has 0 saturated heterocycles. The Bertz CT molecular complexity index is 1450. The van der Waals surface area contributed by atoms with Crippen molar-refractivity contribution < 1.29 is 19.1 Å². The lowest BCUT2D eigenvalue weighted by molar-refractivity contribution is -0.122. The van der Waals surface area contributed by atoms with Gasteiger partial charge in [0, 0.05) is 50.5 Å². The molecule has 4 rings (SSSR count). The fourth-order valence-corrected chi connectivity index (χ4v) is 4.34. The summed E-state index contributed by atoms with van der Waals surface area (Å²) in [6.07, 6.45) is 0.326. The zero-order valence-corrected chi connectivity index (χ0v) is 24.5. The number of aryl methyl sites for hydroxylation is 1. The highest BCUT2D eigenvalue weighted by Crippen LogP contribution is 2.24. The Morgan fingerprint density at radius 1 is 0.810 bits per heavy atom. The van der Waals surface area contributed by atoms with Crippen LogP contribution in [0.15, 0.2) is 97.1 Å². The van der Waals surface area contributed by atoms with Crippen molar-refractivity contribution in [1.82, 2.24) is 10.6 Å². The van der Waals surface area contributed by atoms with Crippen LogP contribution in [0.2, 0.25) is 0 Å². The maximum absolute atomic E-state index is 13.3. The molecule has 42 heavy (non-hydrogen) atoms. The van der Waals surface area contributed by atoms with Gasteiger partial charge in [-0.1, -0.05) is 29.8 Å². The van der Waals surface area contributed by atoms with Crippen molar-refractivity contribution in [2.45, 2.75) is 19.4 Å². The summed E-state index contributed by atoms with van der Waals surface area (Å²) < 4.78 is 11.2. The first-order valence-corrected chi connectivity index (χ1v) is 13.9. The number of nitrogens with one attached hydrogen (secondary N) is 3. The topological polar surface area (TPSA) is 91.9 Å². The monoisotopic (exact) mass is 566 g/mol. The van der Waals surface area contributed by atoms with Crippen LogP contribution in [0, 0.1) is 6.92 Å². The molecule has 1 unspecified atom stereocenters. The first kappa shape index (κ1) is 30.0. The maximum Gasteiger partial charge on any atom is 0.251 e. The number of hydrogen-bond donors (Lipinski definition) is 3. The van der Waals surface area contributed by atoms with Crippen molar-refractivity contribution in [3.63, 3.8) is 0 Å². The molecular formula is C34H38N4O4. The number of rotatable bonds is 13. The van der Waals surface area contributed by atoms with E-state index in [-0.39, 0.29) is 11.8 Å². The van der Waals surface area contributed by atoms with Gasteiger partial charge in [-0.05, 0) is 85.3 Å². The smallest absolute Gasteiger partial charge is 0.251 e. The maximum atomic E-state index is 13.3. The predicted molar refractivity (Wildman–Crippen MR) is 168 cm³/mol. The Balaban J connectivity index is 1.38. The van der Waals surface area contributed by atoms with Crippen LogP contribution in [-0.2, 0) is 11.2 Å². The van der Waals surface area contributed by atoms with E-state index in [0.29, 0.717) is 30.8 Å². The minimum atomic E-state index is -0.760. The Labute approximate surface area is 247 Å². The molecule has 8 heteroatoms. The van der Waals surface area contributed by atoms with Gasteiger partial charge in [0.25, 0.3) is 5.91 Å². The standard InChI is InChI=1S/C34H38N4O4/c1-24-6-5-7-26(22-24)33(39)37-32(34(40)36-21-20-35-27-10-16-29(41-4)17-11-27)23-25-8-14-30(15-9-25)42-31-18-12-28(13-19-31)38(2)3/h5-19,22,32,35H,20-21,23H2,1-4H3,(H,36,40)(H,37,39). The molecule has 0 radical (unpaired) electrons. The molecule has 4 aromatic rings. The predicted octanol–water partition coefficient (Wildman–Crippen LogP) is 5.43. The lowest BCUT2D eigenvalue weighted by Gasteiger charge is -2.19. The molecule has 218 valence electrons. The molecule has 0 heterocycles. The second kappa shape index (κ2) is 14.6. The zero-order valence-electron chi connectivity index (χ0n) is 24.5. The van der Waals surface area contributed by atoms with Crippen molar-refractivity contribution in [2.75, 3.05) is 44.5 Å². The molecule has 0 spiro atoms. The molecule has 0 fully saturated rings. The largest absolute Gasteiger partial charge is 0.497 e. The van der Waals surface area contributed by atoms with E-state index in [9.17, 15) is 9.59 Å². The molecule has 2 amide bonds. The number of nitrogens with zero attached hydrogens (tertiary/aromatic N) is 1. The van der Waals surface area contributed by atoms with Gasteiger partial charge >= 0.3 is 0 Å². The van der Waals surface area contributed by atoms with E-state index in [1.54, 1.807) is 19.2 Å². The average Bonchev–Trinajstić information content (AvgIpc) is 3.00. The van der Waals surface area contributed by atoms with Crippen molar-refractivity contribution in [1.29, 1.82) is 0 Å². The molecule has 0 aromatic heterocycles. The highest BCUT2D eigenvalue weighted by Gasteiger charge is 2.22. The highest BCUT2D eigenvalue weighted by molar-refractivity contribution is 5.97. The van der Waals surface area contributed by atoms with Crippen LogP contribution in [0.3, 0.4) is 0 Å². The van der Waals surface area contributed by atoms with E-state index in [0.717, 1.165) is 34.0 Å². The minimum Gasteiger partial charge on any atom is -0.497 e. The van der Waals surface area contributed by atoms with Gasteiger partial charge < -0.3 is 30.3 Å². The summed E-state index contributed by atoms with van der Waals surface area (Å²) in [5.74, 6) is 1.65. The van der Waals surface area contributed by atoms with Gasteiger partial charge in [0.15, 0.2) is 0 Å². The Morgan fingerprint density at radius 3 is 2.07 bits per heavy atom. The average molecular weight is 567 g/mol. The fraction of sp³-hybridized carbons (Fsp3) is 0.235. The van der Waals surface area contributed by atoms with E-state index in [2.05, 4.69) is 16.0 Å². The summed E-state index contributed by atoms with van der Waals surface area (Å²) >= 11 is 0. The number of ether oxygens (including phenoxy) is 2. The summed E-state index contributed by atoms with van der Waals surface area (Å²) in [7, 11) is 5.61. The van der Waals surface area contributed by atoms with Crippen LogP contribution >= 0.6 is 0 Å². The van der Waals surface area contributed by atoms with Crippen LogP contribution in [0.5, 0.6) is 17.2 Å². The van der Waals surface area contributed by atoms with Gasteiger partial charge in [-0.15, -0.1) is 0 Å². The molecule has 0 aliphatic rings. The Morgan fingerprint density at radius 2 is 1.45 bits per heavy atom. The van der Waals surface area contributed by atoms with Crippen LogP contribution < -0.4 is 30.3 Å². The summed E-state index contributed by atoms with van der Waals surface area (Å²) in [4.78, 5) is 28.3. The number of amides is 2. The molecule has 8 nitrogen and oxygen atoms in total. The normalized spacial score (nSPS) is 11.2. The summed E-state index contributed by atoms with van der Waals surface area (Å²) in [5.41, 5.74) is 4.39.